The molecule has 0 aromatic heterocycles. The molecule has 0 aromatic rings. The zero-order valence-corrected chi connectivity index (χ0v) is 11.5. The molecule has 0 aromatic carbocycles. The summed E-state index contributed by atoms with van der Waals surface area (Å²) in [6.45, 7) is 0. The van der Waals surface area contributed by atoms with Crippen LogP contribution in [0.3, 0.4) is 0 Å². The van der Waals surface area contributed by atoms with E-state index in [1.807, 2.05) is 0 Å². The molecule has 8 heteroatoms. The molecule has 0 heterocycles. The van der Waals surface area contributed by atoms with Crippen LogP contribution in [0.15, 0.2) is 0 Å². The van der Waals surface area contributed by atoms with Crippen LogP contribution < -0.4 is 67.3 Å². The average Bonchev–Trinajstić information content (AvgIpc) is 1.35. The van der Waals surface area contributed by atoms with E-state index in [2.05, 4.69) is 3.73 Å². The molecule has 0 aliphatic heterocycles. The summed E-state index contributed by atoms with van der Waals surface area (Å²) in [4.78, 5) is 0. The summed E-state index contributed by atoms with van der Waals surface area (Å²) in [5, 5.41) is 0. The number of hydrogen-bond donors (Lipinski definition) is 0. The van der Waals surface area contributed by atoms with Crippen molar-refractivity contribution in [1.29, 1.82) is 0 Å². The van der Waals surface area contributed by atoms with Crippen molar-refractivity contribution in [3.05, 3.63) is 0 Å². The summed E-state index contributed by atoms with van der Waals surface area (Å²) in [5.41, 5.74) is 0. The van der Waals surface area contributed by atoms with Crippen LogP contribution in [0.4, 0.5) is 0 Å². The Hall–Kier alpha value is 2.20. The molecule has 9 heavy (non-hydrogen) atoms. The van der Waals surface area contributed by atoms with E-state index in [9.17, 15) is 11.9 Å². The van der Waals surface area contributed by atoms with Gasteiger partial charge in [-0.2, -0.15) is 0 Å². The third kappa shape index (κ3) is 25.4. The summed E-state index contributed by atoms with van der Waals surface area (Å²) in [7, 11) is 0.847. The molecule has 0 amide bonds. The van der Waals surface area contributed by atoms with E-state index >= 15 is 0 Å². The van der Waals surface area contributed by atoms with Crippen LogP contribution in [0, 0.1) is 0 Å². The van der Waals surface area contributed by atoms with Gasteiger partial charge in [0.15, 0.2) is 0 Å². The SMILES string of the molecule is CO[As](=O)([O-])[O-].O.[Na+].[Na+]. The van der Waals surface area contributed by atoms with Crippen LogP contribution in [-0.4, -0.2) is 27.1 Å². The van der Waals surface area contributed by atoms with Gasteiger partial charge in [0.25, 0.3) is 0 Å². The van der Waals surface area contributed by atoms with E-state index < -0.39 is 14.5 Å². The Morgan fingerprint density at radius 1 is 1.33 bits per heavy atom. The van der Waals surface area contributed by atoms with E-state index in [-0.39, 0.29) is 64.6 Å². The Morgan fingerprint density at radius 2 is 1.44 bits per heavy atom. The molecule has 0 unspecified atom stereocenters. The monoisotopic (exact) mass is 218 g/mol. The van der Waals surface area contributed by atoms with Crippen LogP contribution in [0.25, 0.3) is 0 Å². The van der Waals surface area contributed by atoms with Gasteiger partial charge in [0, 0.05) is 0 Å². The smallest absolute Gasteiger partial charge is 0.412 e. The zero-order chi connectivity index (χ0) is 5.21. The summed E-state index contributed by atoms with van der Waals surface area (Å²) in [5.74, 6) is 0. The van der Waals surface area contributed by atoms with E-state index in [1.54, 1.807) is 0 Å². The van der Waals surface area contributed by atoms with Crippen molar-refractivity contribution in [2.75, 3.05) is 7.11 Å². The normalized spacial score (nSPS) is 7.89. The van der Waals surface area contributed by atoms with Crippen molar-refractivity contribution in [1.82, 2.24) is 0 Å². The topological polar surface area (TPSA) is 104 Å². The van der Waals surface area contributed by atoms with Crippen LogP contribution >= 0.6 is 0 Å². The van der Waals surface area contributed by atoms with E-state index in [4.69, 9.17) is 0 Å². The zero-order valence-electron chi connectivity index (χ0n) is 5.58. The maximum absolute atomic E-state index is 9.31. The van der Waals surface area contributed by atoms with Gasteiger partial charge in [-0.25, -0.2) is 0 Å². The first kappa shape index (κ1) is 22.5. The maximum Gasteiger partial charge on any atom is 1.00 e. The standard InChI is InChI=1S/CH5AsO4.2Na.H2O/c1-6-2(3,4)5;;;/h1H3,(H2,3,4,5);;;1H2/q;2*+1;/p-2. The van der Waals surface area contributed by atoms with Crippen LogP contribution in [0.5, 0.6) is 0 Å². The fraction of sp³-hybridized carbons (Fsp3) is 1.00. The van der Waals surface area contributed by atoms with Crippen molar-refractivity contribution < 1.29 is 80.2 Å². The molecule has 0 aliphatic carbocycles. The molecule has 2 N–H and O–H groups in total. The second-order valence-electron chi connectivity index (χ2n) is 0.630. The van der Waals surface area contributed by atoms with E-state index in [0.717, 1.165) is 7.11 Å². The quantitative estimate of drug-likeness (QED) is 0.407. The van der Waals surface area contributed by atoms with E-state index in [0.29, 0.717) is 0 Å². The minimum Gasteiger partial charge on any atom is -0.412 e. The summed E-state index contributed by atoms with van der Waals surface area (Å²) < 4.78 is 31.4. The molecule has 0 atom stereocenters. The van der Waals surface area contributed by atoms with Crippen molar-refractivity contribution in [3.63, 3.8) is 0 Å². The van der Waals surface area contributed by atoms with Gasteiger partial charge in [0.2, 0.25) is 0 Å². The first-order valence-electron chi connectivity index (χ1n) is 1.14. The van der Waals surface area contributed by atoms with Crippen LogP contribution in [0.1, 0.15) is 0 Å². The van der Waals surface area contributed by atoms with Gasteiger partial charge in [-0.15, -0.1) is 0 Å². The predicted molar refractivity (Wildman–Crippen MR) is 17.1 cm³/mol. The van der Waals surface area contributed by atoms with Gasteiger partial charge in [0.05, 0.1) is 0 Å². The molecule has 0 radical (unpaired) electrons. The van der Waals surface area contributed by atoms with Crippen molar-refractivity contribution >= 4 is 14.5 Å². The first-order valence-corrected chi connectivity index (χ1v) is 4.20. The van der Waals surface area contributed by atoms with Crippen molar-refractivity contribution in [3.8, 4) is 0 Å². The fourth-order valence-electron chi connectivity index (χ4n) is 0. The summed E-state index contributed by atoms with van der Waals surface area (Å²) in [6.07, 6.45) is 0. The molecular formula is CH5AsNa2O5. The van der Waals surface area contributed by atoms with Crippen LogP contribution in [-0.2, 0) is 7.47 Å². The number of hydrogen-bond acceptors (Lipinski definition) is 4. The Labute approximate surface area is 100 Å². The molecule has 0 fully saturated rings. The Kier molecular flexibility index (Phi) is 25.5. The predicted octanol–water partition coefficient (Wildman–Crippen LogP) is -9.60. The fourth-order valence-corrected chi connectivity index (χ4v) is 0. The van der Waals surface area contributed by atoms with Crippen molar-refractivity contribution in [2.45, 2.75) is 0 Å². The van der Waals surface area contributed by atoms with Crippen LogP contribution in [0.2, 0.25) is 0 Å². The molecule has 0 aliphatic rings. The minimum atomic E-state index is -5.16. The molecule has 0 spiro atoms. The van der Waals surface area contributed by atoms with Gasteiger partial charge in [-0.3, -0.25) is 0 Å². The van der Waals surface area contributed by atoms with Gasteiger partial charge >= 0.3 is 96.4 Å². The van der Waals surface area contributed by atoms with E-state index in [1.165, 1.54) is 0 Å². The molecule has 0 saturated carbocycles. The maximum atomic E-state index is 9.31. The molecule has 0 saturated heterocycles. The Morgan fingerprint density at radius 3 is 1.44 bits per heavy atom. The third-order valence-corrected chi connectivity index (χ3v) is 1.16. The van der Waals surface area contributed by atoms with Crippen molar-refractivity contribution in [2.24, 2.45) is 0 Å². The average molecular weight is 218 g/mol. The van der Waals surface area contributed by atoms with Gasteiger partial charge in [0.1, 0.15) is 0 Å². The Balaban J connectivity index is -0.0000000417. The minimum absolute atomic E-state index is 0. The first-order chi connectivity index (χ1) is 2.56. The van der Waals surface area contributed by atoms with Gasteiger partial charge in [-0.05, 0) is 0 Å². The molecule has 46 valence electrons. The molecular weight excluding hydrogens is 213 g/mol. The Bertz CT molecular complexity index is 79.0. The summed E-state index contributed by atoms with van der Waals surface area (Å²) >= 11 is -5.16. The van der Waals surface area contributed by atoms with Gasteiger partial charge in [-0.1, -0.05) is 0 Å². The molecule has 5 nitrogen and oxygen atoms in total. The molecule has 0 bridgehead atoms. The third-order valence-electron chi connectivity index (χ3n) is 0.224. The second kappa shape index (κ2) is 10.2. The summed E-state index contributed by atoms with van der Waals surface area (Å²) in [6, 6.07) is 0. The second-order valence-corrected chi connectivity index (χ2v) is 3.27. The van der Waals surface area contributed by atoms with Gasteiger partial charge < -0.3 is 5.48 Å². The molecule has 0 rings (SSSR count). The largest absolute Gasteiger partial charge is 1.00 e. The number of rotatable bonds is 1.